The average Bonchev–Trinajstić information content (AvgIpc) is 3.57. The molecule has 1 aliphatic heterocycles. The number of benzene rings is 1. The molecule has 0 spiro atoms. The van der Waals surface area contributed by atoms with Crippen molar-refractivity contribution in [1.29, 1.82) is 0 Å². The smallest absolute Gasteiger partial charge is 0.326 e. The number of nitrogens with two attached hydrogens (primary N) is 3. The Kier molecular flexibility index (Phi) is 11.1. The molecular weight excluding hydrogens is 528 g/mol. The fourth-order valence-electron chi connectivity index (χ4n) is 5.13. The quantitative estimate of drug-likeness (QED) is 0.0940. The van der Waals surface area contributed by atoms with Gasteiger partial charge in [0, 0.05) is 30.2 Å². The van der Waals surface area contributed by atoms with Crippen LogP contribution >= 0.6 is 0 Å². The van der Waals surface area contributed by atoms with E-state index in [0.29, 0.717) is 32.2 Å². The summed E-state index contributed by atoms with van der Waals surface area (Å²) >= 11 is 0. The molecule has 4 atom stereocenters. The molecule has 1 aliphatic rings. The Hall–Kier alpha value is -4.13. The zero-order valence-electron chi connectivity index (χ0n) is 23.6. The number of likely N-dealkylation sites (tertiary alicyclic amines) is 1. The number of carbonyl (C=O) groups is 4. The van der Waals surface area contributed by atoms with Gasteiger partial charge in [-0.3, -0.25) is 19.4 Å². The molecule has 3 rings (SSSR count). The number of rotatable bonds is 14. The molecule has 1 fully saturated rings. The first-order valence-corrected chi connectivity index (χ1v) is 14.0. The van der Waals surface area contributed by atoms with Crippen LogP contribution in [0, 0.1) is 5.92 Å². The van der Waals surface area contributed by atoms with Crippen LogP contribution in [0.5, 0.6) is 0 Å². The normalized spacial score (nSPS) is 17.2. The number of H-pyrrole nitrogens is 1. The molecule has 4 unspecified atom stereocenters. The maximum atomic E-state index is 13.7. The molecule has 1 aromatic heterocycles. The number of carbonyl (C=O) groups excluding carboxylic acids is 3. The number of hydrogen-bond acceptors (Lipinski definition) is 6. The van der Waals surface area contributed by atoms with Gasteiger partial charge in [-0.15, -0.1) is 0 Å². The van der Waals surface area contributed by atoms with Crippen molar-refractivity contribution in [2.24, 2.45) is 28.1 Å². The number of hydrogen-bond donors (Lipinski definition) is 7. The molecule has 2 aromatic rings. The molecule has 41 heavy (non-hydrogen) atoms. The molecule has 2 heterocycles. The van der Waals surface area contributed by atoms with Gasteiger partial charge in [-0.1, -0.05) is 32.0 Å². The van der Waals surface area contributed by atoms with Gasteiger partial charge in [-0.05, 0) is 56.1 Å². The molecule has 0 bridgehead atoms. The first kappa shape index (κ1) is 31.4. The molecule has 1 saturated heterocycles. The largest absolute Gasteiger partial charge is 0.480 e. The minimum absolute atomic E-state index is 0.0746. The standard InChI is InChI=1S/C28H42N8O5/c1-16(2)13-22(35-24(37)19(29)14-17-15-33-20-8-4-3-7-18(17)20)26(39)36-12-6-10-23(36)25(38)34-21(27(40)41)9-5-11-32-28(30)31/h3-4,7-8,15-16,19,21-23,33H,5-6,9-14,29H2,1-2H3,(H,34,38)(H,35,37)(H,40,41)(H4,30,31,32). The van der Waals surface area contributed by atoms with Crippen LogP contribution in [0.25, 0.3) is 10.9 Å². The molecule has 0 radical (unpaired) electrons. The highest BCUT2D eigenvalue weighted by Gasteiger charge is 2.39. The number of nitrogens with one attached hydrogen (secondary N) is 3. The number of nitrogens with zero attached hydrogens (tertiary/aromatic N) is 2. The van der Waals surface area contributed by atoms with Gasteiger partial charge in [0.25, 0.3) is 0 Å². The molecule has 10 N–H and O–H groups in total. The number of fused-ring (bicyclic) bond motifs is 1. The van der Waals surface area contributed by atoms with E-state index in [1.165, 1.54) is 4.90 Å². The van der Waals surface area contributed by atoms with Crippen molar-refractivity contribution < 1.29 is 24.3 Å². The maximum Gasteiger partial charge on any atom is 0.326 e. The summed E-state index contributed by atoms with van der Waals surface area (Å²) in [6, 6.07) is 3.97. The second-order valence-corrected chi connectivity index (χ2v) is 10.9. The Morgan fingerprint density at radius 1 is 1.15 bits per heavy atom. The lowest BCUT2D eigenvalue weighted by atomic mass is 10.0. The molecule has 3 amide bonds. The Labute approximate surface area is 239 Å². The molecule has 0 saturated carbocycles. The average molecular weight is 571 g/mol. The molecular formula is C28H42N8O5. The van der Waals surface area contributed by atoms with Crippen LogP contribution in [0.15, 0.2) is 35.5 Å². The van der Waals surface area contributed by atoms with E-state index >= 15 is 0 Å². The zero-order chi connectivity index (χ0) is 30.1. The Morgan fingerprint density at radius 2 is 1.88 bits per heavy atom. The monoisotopic (exact) mass is 570 g/mol. The first-order valence-electron chi connectivity index (χ1n) is 14.0. The van der Waals surface area contributed by atoms with Crippen LogP contribution in [0.3, 0.4) is 0 Å². The fraction of sp³-hybridized carbons (Fsp3) is 0.536. The van der Waals surface area contributed by atoms with Gasteiger partial charge in [-0.25, -0.2) is 4.79 Å². The van der Waals surface area contributed by atoms with Crippen molar-refractivity contribution in [3.05, 3.63) is 36.0 Å². The van der Waals surface area contributed by atoms with Crippen molar-refractivity contribution in [3.63, 3.8) is 0 Å². The number of carboxylic acids is 1. The molecule has 1 aromatic carbocycles. The third kappa shape index (κ3) is 8.68. The van der Waals surface area contributed by atoms with E-state index in [2.05, 4.69) is 20.6 Å². The van der Waals surface area contributed by atoms with E-state index in [-0.39, 0.29) is 37.2 Å². The number of aliphatic carboxylic acids is 1. The van der Waals surface area contributed by atoms with Gasteiger partial charge in [0.2, 0.25) is 17.7 Å². The van der Waals surface area contributed by atoms with Crippen molar-refractivity contribution >= 4 is 40.6 Å². The van der Waals surface area contributed by atoms with Crippen LogP contribution in [0.1, 0.15) is 51.5 Å². The predicted molar refractivity (Wildman–Crippen MR) is 156 cm³/mol. The molecule has 0 aliphatic carbocycles. The third-order valence-corrected chi connectivity index (χ3v) is 7.17. The summed E-state index contributed by atoms with van der Waals surface area (Å²) in [5, 5.41) is 16.0. The van der Waals surface area contributed by atoms with E-state index in [1.54, 1.807) is 0 Å². The highest BCUT2D eigenvalue weighted by atomic mass is 16.4. The van der Waals surface area contributed by atoms with Gasteiger partial charge >= 0.3 is 5.97 Å². The predicted octanol–water partition coefficient (Wildman–Crippen LogP) is 0.183. The molecule has 13 nitrogen and oxygen atoms in total. The maximum absolute atomic E-state index is 13.7. The highest BCUT2D eigenvalue weighted by Crippen LogP contribution is 2.22. The van der Waals surface area contributed by atoms with Gasteiger partial charge in [0.15, 0.2) is 5.96 Å². The summed E-state index contributed by atoms with van der Waals surface area (Å²) in [5.74, 6) is -2.60. The molecule has 224 valence electrons. The lowest BCUT2D eigenvalue weighted by Crippen LogP contribution is -2.57. The topological polar surface area (TPSA) is 222 Å². The minimum Gasteiger partial charge on any atom is -0.480 e. The van der Waals surface area contributed by atoms with Crippen molar-refractivity contribution in [2.75, 3.05) is 13.1 Å². The molecule has 13 heteroatoms. The summed E-state index contributed by atoms with van der Waals surface area (Å²) in [6.07, 6.45) is 3.91. The van der Waals surface area contributed by atoms with Crippen molar-refractivity contribution in [2.45, 2.75) is 76.5 Å². The van der Waals surface area contributed by atoms with Gasteiger partial charge < -0.3 is 42.8 Å². The van der Waals surface area contributed by atoms with E-state index in [1.807, 2.05) is 44.3 Å². The number of aromatic amines is 1. The number of aliphatic imine (C=N–C) groups is 1. The van der Waals surface area contributed by atoms with Gasteiger partial charge in [0.1, 0.15) is 18.1 Å². The van der Waals surface area contributed by atoms with E-state index in [0.717, 1.165) is 16.5 Å². The fourth-order valence-corrected chi connectivity index (χ4v) is 5.13. The summed E-state index contributed by atoms with van der Waals surface area (Å²) < 4.78 is 0. The number of guanidine groups is 1. The van der Waals surface area contributed by atoms with Crippen LogP contribution < -0.4 is 27.8 Å². The summed E-state index contributed by atoms with van der Waals surface area (Å²) in [4.78, 5) is 60.1. The van der Waals surface area contributed by atoms with E-state index in [4.69, 9.17) is 17.2 Å². The zero-order valence-corrected chi connectivity index (χ0v) is 23.6. The summed E-state index contributed by atoms with van der Waals surface area (Å²) in [6.45, 7) is 4.43. The third-order valence-electron chi connectivity index (χ3n) is 7.17. The number of aromatic nitrogens is 1. The van der Waals surface area contributed by atoms with Crippen LogP contribution in [-0.4, -0.2) is 81.9 Å². The van der Waals surface area contributed by atoms with E-state index < -0.39 is 42.0 Å². The Bertz CT molecular complexity index is 1260. The Morgan fingerprint density at radius 3 is 2.56 bits per heavy atom. The van der Waals surface area contributed by atoms with Crippen LogP contribution in [-0.2, 0) is 25.6 Å². The number of carboxylic acid groups (broad SMARTS) is 1. The summed E-state index contributed by atoms with van der Waals surface area (Å²) in [7, 11) is 0. The first-order chi connectivity index (χ1) is 19.5. The van der Waals surface area contributed by atoms with E-state index in [9.17, 15) is 24.3 Å². The summed E-state index contributed by atoms with van der Waals surface area (Å²) in [5.41, 5.74) is 18.7. The van der Waals surface area contributed by atoms with Crippen molar-refractivity contribution in [1.82, 2.24) is 20.5 Å². The van der Waals surface area contributed by atoms with Gasteiger partial charge in [-0.2, -0.15) is 0 Å². The number of amides is 3. The minimum atomic E-state index is -1.19. The SMILES string of the molecule is CC(C)CC(NC(=O)C(N)Cc1c[nH]c2ccccc12)C(=O)N1CCCC1C(=O)NC(CCCN=C(N)N)C(=O)O. The lowest BCUT2D eigenvalue weighted by molar-refractivity contribution is -0.145. The van der Waals surface area contributed by atoms with Gasteiger partial charge in [0.05, 0.1) is 6.04 Å². The second kappa shape index (κ2) is 14.5. The number of para-hydroxylation sites is 1. The second-order valence-electron chi connectivity index (χ2n) is 10.9. The lowest BCUT2D eigenvalue weighted by Gasteiger charge is -2.30. The van der Waals surface area contributed by atoms with Crippen LogP contribution in [0.4, 0.5) is 0 Å². The van der Waals surface area contributed by atoms with Crippen molar-refractivity contribution in [3.8, 4) is 0 Å². The Balaban J connectivity index is 1.65. The highest BCUT2D eigenvalue weighted by molar-refractivity contribution is 5.95. The van der Waals surface area contributed by atoms with Crippen LogP contribution in [0.2, 0.25) is 0 Å².